The number of benzene rings is 1. The lowest BCUT2D eigenvalue weighted by Gasteiger charge is -2.14. The van der Waals surface area contributed by atoms with E-state index in [2.05, 4.69) is 16.5 Å². The first-order valence-electron chi connectivity index (χ1n) is 6.53. The minimum absolute atomic E-state index is 0.178. The number of halogens is 1. The second-order valence-corrected chi connectivity index (χ2v) is 4.97. The highest BCUT2D eigenvalue weighted by Gasteiger charge is 2.17. The van der Waals surface area contributed by atoms with Gasteiger partial charge >= 0.3 is 0 Å². The third-order valence-electron chi connectivity index (χ3n) is 3.68. The van der Waals surface area contributed by atoms with Gasteiger partial charge in [-0.15, -0.1) is 0 Å². The molecule has 0 radical (unpaired) electrons. The Morgan fingerprint density at radius 1 is 1.17 bits per heavy atom. The zero-order valence-electron chi connectivity index (χ0n) is 10.6. The fraction of sp³-hybridized carbons (Fsp3) is 0.400. The van der Waals surface area contributed by atoms with Crippen molar-refractivity contribution in [2.75, 3.05) is 0 Å². The normalized spacial score (nSPS) is 14.6. The molecular weight excluding hydrogens is 227 g/mol. The Bertz CT molecular complexity index is 555. The van der Waals surface area contributed by atoms with E-state index in [0.717, 1.165) is 30.8 Å². The summed E-state index contributed by atoms with van der Waals surface area (Å²) < 4.78 is 15.2. The van der Waals surface area contributed by atoms with E-state index in [1.165, 1.54) is 36.4 Å². The van der Waals surface area contributed by atoms with E-state index in [1.807, 2.05) is 12.1 Å². The third kappa shape index (κ3) is 2.05. The highest BCUT2D eigenvalue weighted by molar-refractivity contribution is 5.23. The maximum Gasteiger partial charge on any atom is 0.123 e. The van der Waals surface area contributed by atoms with Gasteiger partial charge in [0.05, 0.1) is 5.69 Å². The molecule has 0 aliphatic heterocycles. The van der Waals surface area contributed by atoms with Crippen LogP contribution >= 0.6 is 0 Å². The fourth-order valence-corrected chi connectivity index (χ4v) is 2.72. The maximum absolute atomic E-state index is 12.9. The van der Waals surface area contributed by atoms with Crippen LogP contribution in [0.1, 0.15) is 35.6 Å². The van der Waals surface area contributed by atoms with Gasteiger partial charge in [0.2, 0.25) is 0 Å². The van der Waals surface area contributed by atoms with Gasteiger partial charge in [0.15, 0.2) is 0 Å². The second kappa shape index (κ2) is 4.56. The van der Waals surface area contributed by atoms with Crippen LogP contribution in [0.4, 0.5) is 4.39 Å². The molecule has 0 spiro atoms. The van der Waals surface area contributed by atoms with Crippen molar-refractivity contribution >= 4 is 0 Å². The topological polar surface area (TPSA) is 17.8 Å². The number of fused-ring (bicyclic) bond motifs is 1. The predicted molar refractivity (Wildman–Crippen MR) is 69.1 cm³/mol. The standard InChI is InChI=1S/C15H17FN2/c1-11-17-14-4-2-3-5-15(14)18(11)10-12-6-8-13(16)9-7-12/h6-9H,2-5,10H2,1H3. The Hall–Kier alpha value is -1.64. The van der Waals surface area contributed by atoms with Crippen LogP contribution in [-0.4, -0.2) is 9.55 Å². The van der Waals surface area contributed by atoms with Crippen LogP contribution < -0.4 is 0 Å². The van der Waals surface area contributed by atoms with Crippen LogP contribution in [0.15, 0.2) is 24.3 Å². The van der Waals surface area contributed by atoms with Crippen molar-refractivity contribution in [3.63, 3.8) is 0 Å². The van der Waals surface area contributed by atoms with Gasteiger partial charge in [-0.3, -0.25) is 0 Å². The van der Waals surface area contributed by atoms with E-state index in [0.29, 0.717) is 0 Å². The molecule has 2 aromatic rings. The average Bonchev–Trinajstić information content (AvgIpc) is 2.69. The lowest BCUT2D eigenvalue weighted by molar-refractivity contribution is 0.618. The molecule has 0 saturated carbocycles. The van der Waals surface area contributed by atoms with Crippen LogP contribution in [0.3, 0.4) is 0 Å². The van der Waals surface area contributed by atoms with E-state index in [1.54, 1.807) is 0 Å². The number of aryl methyl sites for hydroxylation is 2. The van der Waals surface area contributed by atoms with Crippen LogP contribution in [-0.2, 0) is 19.4 Å². The molecule has 0 amide bonds. The molecule has 0 unspecified atom stereocenters. The molecule has 0 N–H and O–H groups in total. The summed E-state index contributed by atoms with van der Waals surface area (Å²) in [5.41, 5.74) is 3.77. The molecule has 0 bridgehead atoms. The molecule has 94 valence electrons. The van der Waals surface area contributed by atoms with Crippen LogP contribution in [0.2, 0.25) is 0 Å². The van der Waals surface area contributed by atoms with E-state index in [-0.39, 0.29) is 5.82 Å². The Morgan fingerprint density at radius 2 is 1.89 bits per heavy atom. The molecule has 0 atom stereocenters. The predicted octanol–water partition coefficient (Wildman–Crippen LogP) is 3.26. The highest BCUT2D eigenvalue weighted by Crippen LogP contribution is 2.23. The maximum atomic E-state index is 12.9. The molecule has 0 saturated heterocycles. The first kappa shape index (κ1) is 11.5. The summed E-state index contributed by atoms with van der Waals surface area (Å²) in [7, 11) is 0. The Morgan fingerprint density at radius 3 is 2.67 bits per heavy atom. The Labute approximate surface area is 106 Å². The minimum atomic E-state index is -0.178. The van der Waals surface area contributed by atoms with Crippen molar-refractivity contribution in [3.8, 4) is 0 Å². The lowest BCUT2D eigenvalue weighted by Crippen LogP contribution is -2.10. The average molecular weight is 244 g/mol. The van der Waals surface area contributed by atoms with Gasteiger partial charge in [0, 0.05) is 12.2 Å². The largest absolute Gasteiger partial charge is 0.328 e. The van der Waals surface area contributed by atoms with Gasteiger partial charge in [0.1, 0.15) is 11.6 Å². The summed E-state index contributed by atoms with van der Waals surface area (Å²) in [5, 5.41) is 0. The molecule has 1 aromatic carbocycles. The smallest absolute Gasteiger partial charge is 0.123 e. The monoisotopic (exact) mass is 244 g/mol. The molecule has 3 heteroatoms. The summed E-state index contributed by atoms with van der Waals surface area (Å²) in [6.45, 7) is 2.86. The Balaban J connectivity index is 1.92. The lowest BCUT2D eigenvalue weighted by atomic mass is 10.0. The van der Waals surface area contributed by atoms with Crippen molar-refractivity contribution in [2.24, 2.45) is 0 Å². The quantitative estimate of drug-likeness (QED) is 0.793. The summed E-state index contributed by atoms with van der Waals surface area (Å²) in [6, 6.07) is 6.75. The molecular formula is C15H17FN2. The Kier molecular flexibility index (Phi) is 2.90. The molecule has 0 fully saturated rings. The SMILES string of the molecule is Cc1nc2c(n1Cc1ccc(F)cc1)CCCC2. The molecule has 18 heavy (non-hydrogen) atoms. The molecule has 1 aromatic heterocycles. The van der Waals surface area contributed by atoms with Gasteiger partial charge in [-0.2, -0.15) is 0 Å². The fourth-order valence-electron chi connectivity index (χ4n) is 2.72. The first-order valence-corrected chi connectivity index (χ1v) is 6.53. The van der Waals surface area contributed by atoms with Crippen molar-refractivity contribution < 1.29 is 4.39 Å². The number of nitrogens with zero attached hydrogens (tertiary/aromatic N) is 2. The van der Waals surface area contributed by atoms with E-state index in [9.17, 15) is 4.39 Å². The number of hydrogen-bond acceptors (Lipinski definition) is 1. The van der Waals surface area contributed by atoms with Crippen LogP contribution in [0.5, 0.6) is 0 Å². The van der Waals surface area contributed by atoms with E-state index < -0.39 is 0 Å². The van der Waals surface area contributed by atoms with E-state index in [4.69, 9.17) is 0 Å². The number of rotatable bonds is 2. The van der Waals surface area contributed by atoms with Gasteiger partial charge in [-0.05, 0) is 50.3 Å². The highest BCUT2D eigenvalue weighted by atomic mass is 19.1. The number of hydrogen-bond donors (Lipinski definition) is 0. The summed E-state index contributed by atoms with van der Waals surface area (Å²) in [5.74, 6) is 0.898. The second-order valence-electron chi connectivity index (χ2n) is 4.97. The van der Waals surface area contributed by atoms with Gasteiger partial charge in [-0.1, -0.05) is 12.1 Å². The molecule has 1 aliphatic rings. The van der Waals surface area contributed by atoms with Crippen LogP contribution in [0, 0.1) is 12.7 Å². The van der Waals surface area contributed by atoms with Crippen molar-refractivity contribution in [2.45, 2.75) is 39.2 Å². The first-order chi connectivity index (χ1) is 8.74. The van der Waals surface area contributed by atoms with Crippen molar-refractivity contribution in [1.29, 1.82) is 0 Å². The van der Waals surface area contributed by atoms with Crippen molar-refractivity contribution in [3.05, 3.63) is 52.9 Å². The van der Waals surface area contributed by atoms with Gasteiger partial charge in [0.25, 0.3) is 0 Å². The third-order valence-corrected chi connectivity index (χ3v) is 3.68. The van der Waals surface area contributed by atoms with Gasteiger partial charge < -0.3 is 4.57 Å². The molecule has 3 rings (SSSR count). The molecule has 2 nitrogen and oxygen atoms in total. The van der Waals surface area contributed by atoms with Gasteiger partial charge in [-0.25, -0.2) is 9.37 Å². The zero-order valence-corrected chi connectivity index (χ0v) is 10.6. The minimum Gasteiger partial charge on any atom is -0.328 e. The summed E-state index contributed by atoms with van der Waals surface area (Å²) in [4.78, 5) is 4.65. The van der Waals surface area contributed by atoms with Crippen LogP contribution in [0.25, 0.3) is 0 Å². The van der Waals surface area contributed by atoms with E-state index >= 15 is 0 Å². The molecule has 1 aliphatic carbocycles. The summed E-state index contributed by atoms with van der Waals surface area (Å²) >= 11 is 0. The zero-order chi connectivity index (χ0) is 12.5. The number of aromatic nitrogens is 2. The van der Waals surface area contributed by atoms with Crippen molar-refractivity contribution in [1.82, 2.24) is 9.55 Å². The summed E-state index contributed by atoms with van der Waals surface area (Å²) in [6.07, 6.45) is 4.73. The number of imidazole rings is 1. The molecule has 1 heterocycles.